The van der Waals surface area contributed by atoms with Crippen LogP contribution in [0.15, 0.2) is 55.1 Å². The van der Waals surface area contributed by atoms with Crippen LogP contribution in [0.1, 0.15) is 29.9 Å². The quantitative estimate of drug-likeness (QED) is 0.513. The number of carbonyl (C=O) groups excluding carboxylic acids is 1. The fraction of sp³-hybridized carbons (Fsp3) is 0.217. The summed E-state index contributed by atoms with van der Waals surface area (Å²) < 4.78 is 7.62. The second kappa shape index (κ2) is 7.31. The second-order valence-electron chi connectivity index (χ2n) is 8.13. The molecule has 0 aliphatic carbocycles. The van der Waals surface area contributed by atoms with Gasteiger partial charge in [0.1, 0.15) is 29.9 Å². The maximum Gasteiger partial charge on any atom is 0.267 e. The normalized spacial score (nSPS) is 14.2. The molecule has 1 aliphatic rings. The number of rotatable bonds is 3. The van der Waals surface area contributed by atoms with Crippen molar-refractivity contribution in [2.24, 2.45) is 0 Å². The standard InChI is InChI=1S/C23H22N6O3/c1-23(2,31)18-6-4-16(12-25-18)28-8-7-14-11-15(3-5-17(14)28)29-9-10-32-21-19(22(29)30)20(24)26-13-27-21/h3-8,11-13,31H,9-10H2,1-2H3,(H2,24,26,27). The van der Waals surface area contributed by atoms with Crippen molar-refractivity contribution in [3.8, 4) is 11.6 Å². The molecule has 0 spiro atoms. The predicted octanol–water partition coefficient (Wildman–Crippen LogP) is 2.66. The van der Waals surface area contributed by atoms with E-state index < -0.39 is 5.60 Å². The molecule has 0 atom stereocenters. The number of fused-ring (bicyclic) bond motifs is 2. The van der Waals surface area contributed by atoms with Crippen LogP contribution in [0.2, 0.25) is 0 Å². The van der Waals surface area contributed by atoms with Crippen LogP contribution < -0.4 is 15.4 Å². The molecule has 0 bridgehead atoms. The van der Waals surface area contributed by atoms with Gasteiger partial charge >= 0.3 is 0 Å². The van der Waals surface area contributed by atoms with Crippen molar-refractivity contribution in [3.05, 3.63) is 66.4 Å². The van der Waals surface area contributed by atoms with Crippen molar-refractivity contribution in [1.82, 2.24) is 19.5 Å². The molecule has 0 saturated carbocycles. The van der Waals surface area contributed by atoms with E-state index in [1.54, 1.807) is 24.9 Å². The van der Waals surface area contributed by atoms with E-state index in [2.05, 4.69) is 15.0 Å². The number of amides is 1. The van der Waals surface area contributed by atoms with E-state index in [4.69, 9.17) is 10.5 Å². The number of carbonyl (C=O) groups is 1. The predicted molar refractivity (Wildman–Crippen MR) is 120 cm³/mol. The molecule has 3 N–H and O–H groups in total. The Labute approximate surface area is 184 Å². The van der Waals surface area contributed by atoms with Crippen LogP contribution >= 0.6 is 0 Å². The van der Waals surface area contributed by atoms with Gasteiger partial charge in [-0.25, -0.2) is 9.97 Å². The van der Waals surface area contributed by atoms with Crippen LogP contribution in [-0.4, -0.2) is 43.7 Å². The number of aliphatic hydroxyl groups is 1. The number of nitrogen functional groups attached to an aromatic ring is 1. The summed E-state index contributed by atoms with van der Waals surface area (Å²) in [4.78, 5) is 27.2. The van der Waals surface area contributed by atoms with Crippen molar-refractivity contribution < 1.29 is 14.6 Å². The Morgan fingerprint density at radius 3 is 2.66 bits per heavy atom. The van der Waals surface area contributed by atoms with Gasteiger partial charge in [-0.3, -0.25) is 9.78 Å². The van der Waals surface area contributed by atoms with E-state index in [-0.39, 0.29) is 23.2 Å². The van der Waals surface area contributed by atoms with E-state index in [9.17, 15) is 9.90 Å². The Kier molecular flexibility index (Phi) is 4.56. The highest BCUT2D eigenvalue weighted by atomic mass is 16.5. The van der Waals surface area contributed by atoms with Gasteiger partial charge in [-0.2, -0.15) is 0 Å². The van der Waals surface area contributed by atoms with E-state index >= 15 is 0 Å². The molecular formula is C23H22N6O3. The van der Waals surface area contributed by atoms with Crippen molar-refractivity contribution >= 4 is 28.3 Å². The molecule has 1 aliphatic heterocycles. The Bertz CT molecular complexity index is 1320. The Morgan fingerprint density at radius 1 is 1.09 bits per heavy atom. The minimum Gasteiger partial charge on any atom is -0.475 e. The van der Waals surface area contributed by atoms with Crippen molar-refractivity contribution in [2.45, 2.75) is 19.4 Å². The molecule has 0 fully saturated rings. The largest absolute Gasteiger partial charge is 0.475 e. The first kappa shape index (κ1) is 20.0. The summed E-state index contributed by atoms with van der Waals surface area (Å²) in [7, 11) is 0. The molecule has 9 nitrogen and oxygen atoms in total. The summed E-state index contributed by atoms with van der Waals surface area (Å²) in [5.74, 6) is 0.0150. The minimum atomic E-state index is -0.997. The van der Waals surface area contributed by atoms with Gasteiger partial charge in [0.25, 0.3) is 5.91 Å². The molecule has 0 radical (unpaired) electrons. The lowest BCUT2D eigenvalue weighted by Gasteiger charge is -2.20. The fourth-order valence-electron chi connectivity index (χ4n) is 3.82. The third kappa shape index (κ3) is 3.32. The first-order valence-corrected chi connectivity index (χ1v) is 10.2. The summed E-state index contributed by atoms with van der Waals surface area (Å²) in [6.45, 7) is 4.07. The maximum absolute atomic E-state index is 13.2. The van der Waals surface area contributed by atoms with Gasteiger partial charge in [-0.05, 0) is 50.2 Å². The van der Waals surface area contributed by atoms with Crippen LogP contribution in [0.3, 0.4) is 0 Å². The zero-order valence-electron chi connectivity index (χ0n) is 17.7. The van der Waals surface area contributed by atoms with E-state index in [1.165, 1.54) is 6.33 Å². The number of aromatic nitrogens is 4. The Balaban J connectivity index is 1.50. The number of pyridine rings is 1. The summed E-state index contributed by atoms with van der Waals surface area (Å²) in [6.07, 6.45) is 4.97. The molecule has 4 aromatic rings. The number of hydrogen-bond donors (Lipinski definition) is 2. The monoisotopic (exact) mass is 430 g/mol. The molecule has 3 aromatic heterocycles. The minimum absolute atomic E-state index is 0.0983. The van der Waals surface area contributed by atoms with Gasteiger partial charge in [0.05, 0.1) is 29.6 Å². The Hall–Kier alpha value is -3.98. The molecular weight excluding hydrogens is 408 g/mol. The fourth-order valence-corrected chi connectivity index (χ4v) is 3.82. The van der Waals surface area contributed by atoms with Crippen molar-refractivity contribution in [3.63, 3.8) is 0 Å². The topological polar surface area (TPSA) is 119 Å². The first-order chi connectivity index (χ1) is 15.3. The molecule has 4 heterocycles. The van der Waals surface area contributed by atoms with E-state index in [0.29, 0.717) is 18.8 Å². The maximum atomic E-state index is 13.2. The number of anilines is 2. The number of ether oxygens (including phenoxy) is 1. The zero-order chi connectivity index (χ0) is 22.5. The Morgan fingerprint density at radius 2 is 1.91 bits per heavy atom. The zero-order valence-corrected chi connectivity index (χ0v) is 17.7. The summed E-state index contributed by atoms with van der Waals surface area (Å²) in [6, 6.07) is 11.5. The van der Waals surface area contributed by atoms with Crippen LogP contribution in [0.5, 0.6) is 5.88 Å². The summed E-state index contributed by atoms with van der Waals surface area (Å²) >= 11 is 0. The molecule has 9 heteroatoms. The van der Waals surface area contributed by atoms with Crippen LogP contribution in [-0.2, 0) is 5.60 Å². The van der Waals surface area contributed by atoms with Gasteiger partial charge < -0.3 is 25.0 Å². The van der Waals surface area contributed by atoms with Gasteiger partial charge in [0, 0.05) is 17.3 Å². The smallest absolute Gasteiger partial charge is 0.267 e. The lowest BCUT2D eigenvalue weighted by molar-refractivity contribution is 0.0738. The lowest BCUT2D eigenvalue weighted by atomic mass is 10.1. The SMILES string of the molecule is CC(C)(O)c1ccc(-n2ccc3cc(N4CCOc5ncnc(N)c5C4=O)ccc32)cn1. The molecule has 0 unspecified atom stereocenters. The number of benzene rings is 1. The van der Waals surface area contributed by atoms with Crippen LogP contribution in [0.25, 0.3) is 16.6 Å². The number of nitrogens with two attached hydrogens (primary N) is 1. The number of nitrogens with zero attached hydrogens (tertiary/aromatic N) is 5. The van der Waals surface area contributed by atoms with Crippen molar-refractivity contribution in [2.75, 3.05) is 23.8 Å². The van der Waals surface area contributed by atoms with Crippen LogP contribution in [0, 0.1) is 0 Å². The molecule has 162 valence electrons. The first-order valence-electron chi connectivity index (χ1n) is 10.2. The third-order valence-corrected chi connectivity index (χ3v) is 5.49. The van der Waals surface area contributed by atoms with E-state index in [0.717, 1.165) is 22.3 Å². The second-order valence-corrected chi connectivity index (χ2v) is 8.13. The number of hydrogen-bond acceptors (Lipinski definition) is 7. The van der Waals surface area contributed by atoms with Gasteiger partial charge in [0.2, 0.25) is 5.88 Å². The highest BCUT2D eigenvalue weighted by Gasteiger charge is 2.29. The highest BCUT2D eigenvalue weighted by molar-refractivity contribution is 6.11. The summed E-state index contributed by atoms with van der Waals surface area (Å²) in [5.41, 5.74) is 8.29. The molecule has 32 heavy (non-hydrogen) atoms. The van der Waals surface area contributed by atoms with Gasteiger partial charge in [-0.15, -0.1) is 0 Å². The van der Waals surface area contributed by atoms with Gasteiger partial charge in [-0.1, -0.05) is 0 Å². The molecule has 5 rings (SSSR count). The van der Waals surface area contributed by atoms with Crippen LogP contribution in [0.4, 0.5) is 11.5 Å². The summed E-state index contributed by atoms with van der Waals surface area (Å²) in [5, 5.41) is 11.1. The average molecular weight is 430 g/mol. The highest BCUT2D eigenvalue weighted by Crippen LogP contribution is 2.30. The van der Waals surface area contributed by atoms with Crippen molar-refractivity contribution in [1.29, 1.82) is 0 Å². The molecule has 0 saturated heterocycles. The van der Waals surface area contributed by atoms with Gasteiger partial charge in [0.15, 0.2) is 0 Å². The lowest BCUT2D eigenvalue weighted by Crippen LogP contribution is -2.32. The third-order valence-electron chi connectivity index (χ3n) is 5.49. The molecule has 1 amide bonds. The average Bonchev–Trinajstić information content (AvgIpc) is 3.11. The molecule has 1 aromatic carbocycles. The van der Waals surface area contributed by atoms with E-state index in [1.807, 2.05) is 47.2 Å².